The van der Waals surface area contributed by atoms with Crippen LogP contribution in [0.1, 0.15) is 12.5 Å². The Morgan fingerprint density at radius 1 is 0.893 bits per heavy atom. The highest BCUT2D eigenvalue weighted by molar-refractivity contribution is 7.92. The van der Waals surface area contributed by atoms with Crippen molar-refractivity contribution < 1.29 is 13.2 Å². The zero-order valence-electron chi connectivity index (χ0n) is 15.1. The van der Waals surface area contributed by atoms with Crippen molar-refractivity contribution >= 4 is 33.3 Å². The quantitative estimate of drug-likeness (QED) is 0.565. The van der Waals surface area contributed by atoms with Crippen molar-refractivity contribution in [2.24, 2.45) is 0 Å². The molecule has 2 aromatic carbocycles. The average Bonchev–Trinajstić information content (AvgIpc) is 2.68. The molecule has 3 aromatic rings. The van der Waals surface area contributed by atoms with E-state index in [2.05, 4.69) is 25.6 Å². The number of hydrogen-bond donors (Lipinski definition) is 3. The number of aromatic nitrogens is 2. The van der Waals surface area contributed by atoms with Crippen LogP contribution in [0.15, 0.2) is 71.6 Å². The van der Waals surface area contributed by atoms with Crippen LogP contribution in [0.3, 0.4) is 0 Å². The Morgan fingerprint density at radius 3 is 2.14 bits per heavy atom. The van der Waals surface area contributed by atoms with E-state index < -0.39 is 10.0 Å². The fourth-order valence-corrected chi connectivity index (χ4v) is 3.38. The van der Waals surface area contributed by atoms with Gasteiger partial charge in [-0.2, -0.15) is 0 Å². The van der Waals surface area contributed by atoms with Gasteiger partial charge in [-0.1, -0.05) is 30.3 Å². The summed E-state index contributed by atoms with van der Waals surface area (Å²) in [5, 5.41) is 13.6. The molecule has 28 heavy (non-hydrogen) atoms. The number of benzene rings is 2. The molecule has 0 bridgehead atoms. The third-order valence-corrected chi connectivity index (χ3v) is 5.08. The molecule has 0 saturated carbocycles. The van der Waals surface area contributed by atoms with Gasteiger partial charge in [0, 0.05) is 19.2 Å². The molecule has 1 aromatic heterocycles. The maximum atomic E-state index is 12.4. The third kappa shape index (κ3) is 5.27. The molecule has 0 saturated heterocycles. The minimum atomic E-state index is -3.81. The highest BCUT2D eigenvalue weighted by atomic mass is 32.2. The van der Waals surface area contributed by atoms with Crippen molar-refractivity contribution in [1.82, 2.24) is 10.2 Å². The Bertz CT molecular complexity index is 1040. The molecule has 0 spiro atoms. The topological polar surface area (TPSA) is 113 Å². The van der Waals surface area contributed by atoms with Gasteiger partial charge in [0.05, 0.1) is 4.90 Å². The number of nitrogens with zero attached hydrogens (tertiary/aromatic N) is 2. The molecule has 1 heterocycles. The van der Waals surface area contributed by atoms with Gasteiger partial charge in [0.1, 0.15) is 5.82 Å². The average molecular weight is 397 g/mol. The van der Waals surface area contributed by atoms with E-state index in [0.717, 1.165) is 5.56 Å². The third-order valence-electron chi connectivity index (χ3n) is 3.70. The van der Waals surface area contributed by atoms with Crippen LogP contribution in [0.2, 0.25) is 0 Å². The van der Waals surface area contributed by atoms with Crippen LogP contribution >= 0.6 is 0 Å². The molecular weight excluding hydrogens is 378 g/mol. The van der Waals surface area contributed by atoms with Crippen molar-refractivity contribution in [3.63, 3.8) is 0 Å². The summed E-state index contributed by atoms with van der Waals surface area (Å²) in [5.74, 6) is 0.410. The predicted octanol–water partition coefficient (Wildman–Crippen LogP) is 2.85. The molecule has 1 amide bonds. The molecule has 0 aliphatic rings. The first-order valence-corrected chi connectivity index (χ1v) is 9.93. The summed E-state index contributed by atoms with van der Waals surface area (Å²) >= 11 is 0. The van der Waals surface area contributed by atoms with Crippen LogP contribution in [0, 0.1) is 0 Å². The van der Waals surface area contributed by atoms with Crippen LogP contribution in [-0.2, 0) is 21.4 Å². The molecule has 0 atom stereocenters. The number of carbonyl (C=O) groups is 1. The Morgan fingerprint density at radius 2 is 1.54 bits per heavy atom. The Kier molecular flexibility index (Phi) is 5.85. The van der Waals surface area contributed by atoms with Crippen molar-refractivity contribution in [3.05, 3.63) is 72.3 Å². The second kappa shape index (κ2) is 8.49. The number of rotatable bonds is 7. The lowest BCUT2D eigenvalue weighted by atomic mass is 10.2. The van der Waals surface area contributed by atoms with Gasteiger partial charge in [0.15, 0.2) is 5.82 Å². The summed E-state index contributed by atoms with van der Waals surface area (Å²) in [6.45, 7) is 1.96. The first kappa shape index (κ1) is 19.3. The van der Waals surface area contributed by atoms with Crippen LogP contribution in [-0.4, -0.2) is 24.5 Å². The molecule has 9 heteroatoms. The monoisotopic (exact) mass is 397 g/mol. The zero-order valence-corrected chi connectivity index (χ0v) is 15.9. The molecule has 3 rings (SSSR count). The minimum Gasteiger partial charge on any atom is -0.365 e. The van der Waals surface area contributed by atoms with E-state index in [1.54, 1.807) is 6.07 Å². The van der Waals surface area contributed by atoms with E-state index >= 15 is 0 Å². The number of hydrogen-bond acceptors (Lipinski definition) is 6. The second-order valence-corrected chi connectivity index (χ2v) is 7.64. The fourth-order valence-electron chi connectivity index (χ4n) is 2.39. The molecule has 3 N–H and O–H groups in total. The minimum absolute atomic E-state index is 0.0506. The van der Waals surface area contributed by atoms with Gasteiger partial charge in [-0.25, -0.2) is 8.42 Å². The first-order valence-electron chi connectivity index (χ1n) is 8.44. The molecule has 144 valence electrons. The maximum absolute atomic E-state index is 12.4. The van der Waals surface area contributed by atoms with Crippen LogP contribution < -0.4 is 15.4 Å². The molecule has 0 aliphatic carbocycles. The number of carbonyl (C=O) groups excluding carboxylic acids is 1. The summed E-state index contributed by atoms with van der Waals surface area (Å²) in [4.78, 5) is 11.1. The second-order valence-electron chi connectivity index (χ2n) is 5.95. The predicted molar refractivity (Wildman–Crippen MR) is 107 cm³/mol. The fraction of sp³-hybridized carbons (Fsp3) is 0.105. The van der Waals surface area contributed by atoms with Crippen LogP contribution in [0.25, 0.3) is 0 Å². The normalized spacial score (nSPS) is 10.9. The highest BCUT2D eigenvalue weighted by Crippen LogP contribution is 2.17. The maximum Gasteiger partial charge on any atom is 0.263 e. The van der Waals surface area contributed by atoms with Gasteiger partial charge >= 0.3 is 0 Å². The Hall–Kier alpha value is -3.46. The number of anilines is 3. The van der Waals surface area contributed by atoms with E-state index in [1.165, 1.54) is 37.3 Å². The number of sulfonamides is 1. The summed E-state index contributed by atoms with van der Waals surface area (Å²) in [5.41, 5.74) is 1.61. The lowest BCUT2D eigenvalue weighted by Gasteiger charge is -2.09. The summed E-state index contributed by atoms with van der Waals surface area (Å²) < 4.78 is 27.3. The van der Waals surface area contributed by atoms with Crippen LogP contribution in [0.4, 0.5) is 17.3 Å². The van der Waals surface area contributed by atoms with E-state index in [1.807, 2.05) is 30.3 Å². The molecule has 0 fully saturated rings. The number of nitrogens with one attached hydrogen (secondary N) is 3. The molecule has 0 aliphatic heterocycles. The summed E-state index contributed by atoms with van der Waals surface area (Å²) in [6, 6.07) is 18.8. The Balaban J connectivity index is 1.63. The number of amides is 1. The van der Waals surface area contributed by atoms with Crippen molar-refractivity contribution in [3.8, 4) is 0 Å². The standard InChI is InChI=1S/C19H19N5O3S/c1-14(25)21-16-7-9-17(10-8-16)28(26,27)24-19-12-11-18(22-23-19)20-13-15-5-3-2-4-6-15/h2-12H,13H2,1H3,(H,20,22)(H,21,25)(H,23,24). The van der Waals surface area contributed by atoms with Gasteiger partial charge < -0.3 is 10.6 Å². The van der Waals surface area contributed by atoms with E-state index in [-0.39, 0.29) is 16.6 Å². The van der Waals surface area contributed by atoms with E-state index in [4.69, 9.17) is 0 Å². The summed E-state index contributed by atoms with van der Waals surface area (Å²) in [6.07, 6.45) is 0. The van der Waals surface area contributed by atoms with Gasteiger partial charge in [-0.15, -0.1) is 10.2 Å². The Labute approximate surface area is 163 Å². The smallest absolute Gasteiger partial charge is 0.263 e. The van der Waals surface area contributed by atoms with Gasteiger partial charge in [0.25, 0.3) is 10.0 Å². The van der Waals surface area contributed by atoms with Gasteiger partial charge in [-0.05, 0) is 42.0 Å². The van der Waals surface area contributed by atoms with E-state index in [0.29, 0.717) is 18.1 Å². The highest BCUT2D eigenvalue weighted by Gasteiger charge is 2.15. The molecule has 0 radical (unpaired) electrons. The lowest BCUT2D eigenvalue weighted by Crippen LogP contribution is -2.15. The SMILES string of the molecule is CC(=O)Nc1ccc(S(=O)(=O)Nc2ccc(NCc3ccccc3)nn2)cc1. The first-order chi connectivity index (χ1) is 13.4. The lowest BCUT2D eigenvalue weighted by molar-refractivity contribution is -0.114. The molecule has 0 unspecified atom stereocenters. The molecule has 8 nitrogen and oxygen atoms in total. The van der Waals surface area contributed by atoms with Gasteiger partial charge in [0.2, 0.25) is 5.91 Å². The van der Waals surface area contributed by atoms with Gasteiger partial charge in [-0.3, -0.25) is 9.52 Å². The summed E-state index contributed by atoms with van der Waals surface area (Å²) in [7, 11) is -3.81. The largest absolute Gasteiger partial charge is 0.365 e. The van der Waals surface area contributed by atoms with Crippen molar-refractivity contribution in [2.45, 2.75) is 18.4 Å². The van der Waals surface area contributed by atoms with Crippen LogP contribution in [0.5, 0.6) is 0 Å². The van der Waals surface area contributed by atoms with E-state index in [9.17, 15) is 13.2 Å². The van der Waals surface area contributed by atoms with Crippen molar-refractivity contribution in [2.75, 3.05) is 15.4 Å². The molecular formula is C19H19N5O3S. The van der Waals surface area contributed by atoms with Crippen molar-refractivity contribution in [1.29, 1.82) is 0 Å². The zero-order chi connectivity index (χ0) is 20.0.